The molecule has 2 N–H and O–H groups in total. The first-order valence-electron chi connectivity index (χ1n) is 6.54. The molecule has 1 atom stereocenters. The van der Waals surface area contributed by atoms with Crippen LogP contribution < -0.4 is 5.32 Å². The Morgan fingerprint density at radius 1 is 1.13 bits per heavy atom. The normalized spacial score (nSPS) is 11.4. The fourth-order valence-corrected chi connectivity index (χ4v) is 1.95. The highest BCUT2D eigenvalue weighted by Gasteiger charge is 2.25. The van der Waals surface area contributed by atoms with Gasteiger partial charge in [-0.3, -0.25) is 9.59 Å². The number of amides is 2. The van der Waals surface area contributed by atoms with Crippen molar-refractivity contribution in [3.8, 4) is 0 Å². The van der Waals surface area contributed by atoms with Gasteiger partial charge in [0, 0.05) is 33.9 Å². The number of halogens is 2. The Kier molecular flexibility index (Phi) is 6.80. The lowest BCUT2D eigenvalue weighted by molar-refractivity contribution is -0.135. The summed E-state index contributed by atoms with van der Waals surface area (Å²) in [5.74, 6) is -1.58. The second kappa shape index (κ2) is 8.14. The van der Waals surface area contributed by atoms with E-state index < -0.39 is 17.9 Å². The van der Waals surface area contributed by atoms with Crippen molar-refractivity contribution in [3.63, 3.8) is 0 Å². The van der Waals surface area contributed by atoms with Crippen molar-refractivity contribution in [3.05, 3.63) is 28.2 Å². The lowest BCUT2D eigenvalue weighted by Crippen LogP contribution is -2.39. The number of aliphatic imine (C=N–C) groups is 1. The van der Waals surface area contributed by atoms with Gasteiger partial charge in [-0.05, 0) is 18.2 Å². The third-order valence-corrected chi connectivity index (χ3v) is 3.42. The summed E-state index contributed by atoms with van der Waals surface area (Å²) in [4.78, 5) is 30.7. The molecule has 0 spiro atoms. The van der Waals surface area contributed by atoms with E-state index in [1.807, 2.05) is 0 Å². The van der Waals surface area contributed by atoms with Crippen molar-refractivity contribution in [2.45, 2.75) is 6.10 Å². The van der Waals surface area contributed by atoms with Crippen LogP contribution in [0.3, 0.4) is 0 Å². The zero-order valence-corrected chi connectivity index (χ0v) is 14.7. The minimum Gasteiger partial charge on any atom is -0.375 e. The standard InChI is InChI=1S/C14H18Cl2N4O3/c1-19(2)14(20(3)4)18-13(23)11(21)12(22)17-8-5-6-9(15)10(16)7-8/h5-7,11,21H,1-4H3,(H,17,22). The van der Waals surface area contributed by atoms with Crippen LogP contribution in [0.1, 0.15) is 0 Å². The van der Waals surface area contributed by atoms with Gasteiger partial charge in [-0.25, -0.2) is 0 Å². The molecule has 0 radical (unpaired) electrons. The number of aliphatic hydroxyl groups excluding tert-OH is 1. The molecule has 23 heavy (non-hydrogen) atoms. The highest BCUT2D eigenvalue weighted by molar-refractivity contribution is 6.42. The molecule has 0 saturated carbocycles. The van der Waals surface area contributed by atoms with Crippen molar-refractivity contribution in [2.75, 3.05) is 33.5 Å². The fourth-order valence-electron chi connectivity index (χ4n) is 1.66. The van der Waals surface area contributed by atoms with E-state index in [0.717, 1.165) is 0 Å². The van der Waals surface area contributed by atoms with Gasteiger partial charge in [0.1, 0.15) is 0 Å². The van der Waals surface area contributed by atoms with Gasteiger partial charge in [0.05, 0.1) is 10.0 Å². The molecule has 0 aliphatic heterocycles. The molecule has 0 aliphatic rings. The maximum Gasteiger partial charge on any atom is 0.287 e. The first-order chi connectivity index (χ1) is 10.6. The zero-order chi connectivity index (χ0) is 17.7. The van der Waals surface area contributed by atoms with E-state index in [2.05, 4.69) is 10.3 Å². The summed E-state index contributed by atoms with van der Waals surface area (Å²) < 4.78 is 0. The molecular formula is C14H18Cl2N4O3. The number of hydrogen-bond donors (Lipinski definition) is 2. The summed E-state index contributed by atoms with van der Waals surface area (Å²) in [5.41, 5.74) is 0.306. The van der Waals surface area contributed by atoms with Crippen molar-refractivity contribution >= 4 is 46.7 Å². The van der Waals surface area contributed by atoms with Gasteiger partial charge in [-0.15, -0.1) is 0 Å². The van der Waals surface area contributed by atoms with E-state index in [-0.39, 0.29) is 5.02 Å². The quantitative estimate of drug-likeness (QED) is 0.482. The molecule has 9 heteroatoms. The highest BCUT2D eigenvalue weighted by Crippen LogP contribution is 2.25. The molecule has 0 aromatic heterocycles. The molecule has 7 nitrogen and oxygen atoms in total. The van der Waals surface area contributed by atoms with Crippen LogP contribution in [0, 0.1) is 0 Å². The minimum absolute atomic E-state index is 0.241. The van der Waals surface area contributed by atoms with Crippen LogP contribution in [0.5, 0.6) is 0 Å². The summed E-state index contributed by atoms with van der Waals surface area (Å²) in [6.07, 6.45) is -1.93. The molecule has 126 valence electrons. The molecule has 1 rings (SSSR count). The first-order valence-corrected chi connectivity index (χ1v) is 7.30. The largest absolute Gasteiger partial charge is 0.375 e. The maximum absolute atomic E-state index is 11.9. The van der Waals surface area contributed by atoms with Crippen LogP contribution in [0.15, 0.2) is 23.2 Å². The Labute approximate surface area is 144 Å². The number of guanidine groups is 1. The summed E-state index contributed by atoms with van der Waals surface area (Å²) >= 11 is 11.6. The average Bonchev–Trinajstić information content (AvgIpc) is 2.46. The second-order valence-corrected chi connectivity index (χ2v) is 5.87. The van der Waals surface area contributed by atoms with E-state index >= 15 is 0 Å². The molecule has 0 bridgehead atoms. The molecule has 1 aromatic carbocycles. The van der Waals surface area contributed by atoms with Gasteiger partial charge in [-0.1, -0.05) is 23.2 Å². The molecule has 2 amide bonds. The minimum atomic E-state index is -1.93. The number of carbonyl (C=O) groups excluding carboxylic acids is 2. The fraction of sp³-hybridized carbons (Fsp3) is 0.357. The van der Waals surface area contributed by atoms with Crippen LogP contribution in [0.4, 0.5) is 5.69 Å². The molecule has 0 fully saturated rings. The van der Waals surface area contributed by atoms with E-state index in [4.69, 9.17) is 23.2 Å². The smallest absolute Gasteiger partial charge is 0.287 e. The van der Waals surface area contributed by atoms with Crippen LogP contribution in [-0.2, 0) is 9.59 Å². The summed E-state index contributed by atoms with van der Waals surface area (Å²) in [5, 5.41) is 12.8. The molecule has 0 saturated heterocycles. The van der Waals surface area contributed by atoms with Gasteiger partial charge in [0.15, 0.2) is 0 Å². The van der Waals surface area contributed by atoms with Crippen LogP contribution >= 0.6 is 23.2 Å². The summed E-state index contributed by atoms with van der Waals surface area (Å²) in [6, 6.07) is 4.40. The Morgan fingerprint density at radius 3 is 2.17 bits per heavy atom. The van der Waals surface area contributed by atoms with Gasteiger partial charge >= 0.3 is 0 Å². The third kappa shape index (κ3) is 5.38. The SMILES string of the molecule is CN(C)C(=NC(=O)C(O)C(=O)Nc1ccc(Cl)c(Cl)c1)N(C)C. The first kappa shape index (κ1) is 19.2. The van der Waals surface area contributed by atoms with Gasteiger partial charge in [0.2, 0.25) is 12.1 Å². The number of aliphatic hydroxyl groups is 1. The number of benzene rings is 1. The third-order valence-electron chi connectivity index (χ3n) is 2.68. The predicted octanol–water partition coefficient (Wildman–Crippen LogP) is 1.30. The Bertz CT molecular complexity index is 622. The van der Waals surface area contributed by atoms with Crippen molar-refractivity contribution in [2.24, 2.45) is 4.99 Å². The Morgan fingerprint density at radius 2 is 1.70 bits per heavy atom. The lowest BCUT2D eigenvalue weighted by atomic mass is 10.2. The highest BCUT2D eigenvalue weighted by atomic mass is 35.5. The monoisotopic (exact) mass is 360 g/mol. The van der Waals surface area contributed by atoms with Gasteiger partial charge in [0.25, 0.3) is 11.8 Å². The van der Waals surface area contributed by atoms with Gasteiger partial charge < -0.3 is 20.2 Å². The Balaban J connectivity index is 2.85. The van der Waals surface area contributed by atoms with Crippen LogP contribution in [0.2, 0.25) is 10.0 Å². The van der Waals surface area contributed by atoms with Gasteiger partial charge in [-0.2, -0.15) is 4.99 Å². The maximum atomic E-state index is 11.9. The van der Waals surface area contributed by atoms with E-state index in [9.17, 15) is 14.7 Å². The molecule has 0 aliphatic carbocycles. The number of nitrogens with zero attached hydrogens (tertiary/aromatic N) is 3. The molecule has 1 unspecified atom stereocenters. The lowest BCUT2D eigenvalue weighted by Gasteiger charge is -2.22. The summed E-state index contributed by atoms with van der Waals surface area (Å²) in [7, 11) is 6.76. The van der Waals surface area contributed by atoms with Crippen molar-refractivity contribution < 1.29 is 14.7 Å². The molecular weight excluding hydrogens is 343 g/mol. The van der Waals surface area contributed by atoms with E-state index in [1.165, 1.54) is 18.2 Å². The second-order valence-electron chi connectivity index (χ2n) is 5.06. The number of hydrogen-bond acceptors (Lipinski definition) is 3. The number of carbonyl (C=O) groups is 2. The predicted molar refractivity (Wildman–Crippen MR) is 90.9 cm³/mol. The Hall–Kier alpha value is -1.83. The molecule has 0 heterocycles. The van der Waals surface area contributed by atoms with E-state index in [0.29, 0.717) is 16.7 Å². The van der Waals surface area contributed by atoms with Crippen molar-refractivity contribution in [1.29, 1.82) is 0 Å². The topological polar surface area (TPSA) is 85.2 Å². The summed E-state index contributed by atoms with van der Waals surface area (Å²) in [6.45, 7) is 0. The molecule has 1 aromatic rings. The van der Waals surface area contributed by atoms with Crippen molar-refractivity contribution in [1.82, 2.24) is 9.80 Å². The average molecular weight is 361 g/mol. The van der Waals surface area contributed by atoms with Crippen LogP contribution in [-0.4, -0.2) is 67.0 Å². The number of nitrogens with one attached hydrogen (secondary N) is 1. The van der Waals surface area contributed by atoms with Crippen LogP contribution in [0.25, 0.3) is 0 Å². The number of anilines is 1. The van der Waals surface area contributed by atoms with E-state index in [1.54, 1.807) is 38.0 Å². The zero-order valence-electron chi connectivity index (χ0n) is 13.2. The number of rotatable bonds is 3.